The van der Waals surface area contributed by atoms with Gasteiger partial charge in [0.1, 0.15) is 17.4 Å². The number of rotatable bonds is 6. The number of carbonyl (C=O) groups excluding carboxylic acids is 1. The van der Waals surface area contributed by atoms with Gasteiger partial charge in [0.15, 0.2) is 0 Å². The van der Waals surface area contributed by atoms with Crippen LogP contribution in [-0.4, -0.2) is 67.3 Å². The zero-order valence-corrected chi connectivity index (χ0v) is 23.2. The Kier molecular flexibility index (Phi) is 7.84. The number of amides is 1. The van der Waals surface area contributed by atoms with Gasteiger partial charge in [-0.15, -0.1) is 0 Å². The second-order valence-electron chi connectivity index (χ2n) is 10.4. The highest BCUT2D eigenvalue weighted by molar-refractivity contribution is 5.94. The minimum absolute atomic E-state index is 0.0438. The van der Waals surface area contributed by atoms with E-state index in [1.165, 1.54) is 0 Å². The second kappa shape index (κ2) is 11.5. The molecule has 2 saturated heterocycles. The van der Waals surface area contributed by atoms with E-state index in [1.807, 2.05) is 43.0 Å². The average molecular weight is 529 g/mol. The van der Waals surface area contributed by atoms with Crippen LogP contribution in [0.3, 0.4) is 0 Å². The fourth-order valence-electron chi connectivity index (χ4n) is 5.72. The SMILES string of the molecule is COc1cc2nc(C)nc(NC(C)c3cccc(C#N)c3C)c2cc1N1CCC(C(=O)N2CCOCC2)CC1. The zero-order valence-electron chi connectivity index (χ0n) is 23.2. The van der Waals surface area contributed by atoms with Crippen LogP contribution in [-0.2, 0) is 9.53 Å². The molecule has 2 fully saturated rings. The molecular weight excluding hydrogens is 492 g/mol. The van der Waals surface area contributed by atoms with E-state index in [1.54, 1.807) is 7.11 Å². The summed E-state index contributed by atoms with van der Waals surface area (Å²) in [6.07, 6.45) is 1.61. The number of nitrogens with one attached hydrogen (secondary N) is 1. The van der Waals surface area contributed by atoms with Gasteiger partial charge in [0, 0.05) is 43.5 Å². The Morgan fingerprint density at radius 2 is 1.90 bits per heavy atom. The van der Waals surface area contributed by atoms with Crippen LogP contribution in [0, 0.1) is 31.1 Å². The van der Waals surface area contributed by atoms with Crippen molar-refractivity contribution in [2.45, 2.75) is 39.7 Å². The maximum Gasteiger partial charge on any atom is 0.225 e. The van der Waals surface area contributed by atoms with Crippen molar-refractivity contribution < 1.29 is 14.3 Å². The van der Waals surface area contributed by atoms with Gasteiger partial charge < -0.3 is 24.6 Å². The molecule has 1 aromatic heterocycles. The van der Waals surface area contributed by atoms with Crippen molar-refractivity contribution in [1.29, 1.82) is 5.26 Å². The highest BCUT2D eigenvalue weighted by atomic mass is 16.5. The van der Waals surface area contributed by atoms with E-state index in [0.717, 1.165) is 65.2 Å². The van der Waals surface area contributed by atoms with Gasteiger partial charge >= 0.3 is 0 Å². The molecule has 9 nitrogen and oxygen atoms in total. The Morgan fingerprint density at radius 3 is 2.59 bits per heavy atom. The Hall–Kier alpha value is -3.90. The van der Waals surface area contributed by atoms with E-state index < -0.39 is 0 Å². The Labute approximate surface area is 229 Å². The molecule has 204 valence electrons. The van der Waals surface area contributed by atoms with Gasteiger partial charge in [0.25, 0.3) is 0 Å². The fraction of sp³-hybridized carbons (Fsp3) is 0.467. The molecule has 2 aliphatic rings. The lowest BCUT2D eigenvalue weighted by Crippen LogP contribution is -2.46. The molecule has 0 radical (unpaired) electrons. The van der Waals surface area contributed by atoms with E-state index in [4.69, 9.17) is 19.4 Å². The molecule has 2 aromatic carbocycles. The van der Waals surface area contributed by atoms with Crippen LogP contribution >= 0.6 is 0 Å². The standard InChI is InChI=1S/C30H36N6O3/c1-19-23(18-31)6-5-7-24(19)20(2)32-29-25-16-27(28(38-4)17-26(25)33-21(3)34-29)35-10-8-22(9-11-35)30(37)36-12-14-39-15-13-36/h5-7,16-17,20,22H,8-15H2,1-4H3,(H,32,33,34). The monoisotopic (exact) mass is 528 g/mol. The number of aryl methyl sites for hydroxylation is 1. The van der Waals surface area contributed by atoms with Crippen molar-refractivity contribution in [2.75, 3.05) is 56.7 Å². The van der Waals surface area contributed by atoms with E-state index in [0.29, 0.717) is 37.7 Å². The maximum atomic E-state index is 13.0. The fourth-order valence-corrected chi connectivity index (χ4v) is 5.72. The van der Waals surface area contributed by atoms with Crippen molar-refractivity contribution >= 4 is 28.3 Å². The van der Waals surface area contributed by atoms with Crippen LogP contribution in [0.15, 0.2) is 30.3 Å². The van der Waals surface area contributed by atoms with E-state index in [9.17, 15) is 10.1 Å². The summed E-state index contributed by atoms with van der Waals surface area (Å²) in [5.41, 5.74) is 4.48. The first-order valence-electron chi connectivity index (χ1n) is 13.6. The summed E-state index contributed by atoms with van der Waals surface area (Å²) in [4.78, 5) is 26.7. The number of ether oxygens (including phenoxy) is 2. The van der Waals surface area contributed by atoms with Crippen LogP contribution in [0.1, 0.15) is 48.3 Å². The molecule has 3 aromatic rings. The smallest absolute Gasteiger partial charge is 0.225 e. The van der Waals surface area contributed by atoms with E-state index in [-0.39, 0.29) is 17.9 Å². The average Bonchev–Trinajstić information content (AvgIpc) is 2.96. The van der Waals surface area contributed by atoms with Crippen molar-refractivity contribution in [3.8, 4) is 11.8 Å². The summed E-state index contributed by atoms with van der Waals surface area (Å²) in [6, 6.07) is 12.1. The number of fused-ring (bicyclic) bond motifs is 1. The zero-order chi connectivity index (χ0) is 27.5. The molecule has 1 atom stereocenters. The third-order valence-corrected chi connectivity index (χ3v) is 7.93. The van der Waals surface area contributed by atoms with Gasteiger partial charge in [0.05, 0.1) is 49.2 Å². The Morgan fingerprint density at radius 1 is 1.15 bits per heavy atom. The first kappa shape index (κ1) is 26.7. The molecule has 5 rings (SSSR count). The van der Waals surface area contributed by atoms with Crippen LogP contribution in [0.25, 0.3) is 10.9 Å². The maximum absolute atomic E-state index is 13.0. The minimum atomic E-state index is -0.0664. The number of nitrogens with zero attached hydrogens (tertiary/aromatic N) is 5. The van der Waals surface area contributed by atoms with Crippen LogP contribution in [0.4, 0.5) is 11.5 Å². The molecule has 0 aliphatic carbocycles. The summed E-state index contributed by atoms with van der Waals surface area (Å²) < 4.78 is 11.2. The quantitative estimate of drug-likeness (QED) is 0.503. The highest BCUT2D eigenvalue weighted by Crippen LogP contribution is 2.38. The van der Waals surface area contributed by atoms with Crippen LogP contribution in [0.5, 0.6) is 5.75 Å². The number of morpholine rings is 1. The lowest BCUT2D eigenvalue weighted by molar-refractivity contribution is -0.140. The number of aromatic nitrogens is 2. The number of anilines is 2. The first-order valence-corrected chi connectivity index (χ1v) is 13.6. The van der Waals surface area contributed by atoms with E-state index in [2.05, 4.69) is 29.3 Å². The van der Waals surface area contributed by atoms with Crippen molar-refractivity contribution in [2.24, 2.45) is 5.92 Å². The number of hydrogen-bond acceptors (Lipinski definition) is 8. The highest BCUT2D eigenvalue weighted by Gasteiger charge is 2.30. The lowest BCUT2D eigenvalue weighted by Gasteiger charge is -2.37. The summed E-state index contributed by atoms with van der Waals surface area (Å²) in [5, 5.41) is 14.0. The number of methoxy groups -OCH3 is 1. The summed E-state index contributed by atoms with van der Waals surface area (Å²) >= 11 is 0. The molecular formula is C30H36N6O3. The first-order chi connectivity index (χ1) is 18.9. The van der Waals surface area contributed by atoms with Crippen molar-refractivity contribution in [3.05, 3.63) is 52.8 Å². The van der Waals surface area contributed by atoms with Crippen molar-refractivity contribution in [1.82, 2.24) is 14.9 Å². The number of piperidine rings is 1. The van der Waals surface area contributed by atoms with Gasteiger partial charge in [-0.1, -0.05) is 12.1 Å². The van der Waals surface area contributed by atoms with Gasteiger partial charge in [0.2, 0.25) is 5.91 Å². The molecule has 39 heavy (non-hydrogen) atoms. The summed E-state index contributed by atoms with van der Waals surface area (Å²) in [5.74, 6) is 2.46. The molecule has 0 bridgehead atoms. The largest absolute Gasteiger partial charge is 0.495 e. The van der Waals surface area contributed by atoms with Crippen LogP contribution < -0.4 is 15.0 Å². The normalized spacial score (nSPS) is 17.1. The number of carbonyl (C=O) groups is 1. The number of hydrogen-bond donors (Lipinski definition) is 1. The molecule has 1 N–H and O–H groups in total. The van der Waals surface area contributed by atoms with E-state index >= 15 is 0 Å². The third-order valence-electron chi connectivity index (χ3n) is 7.93. The molecule has 1 amide bonds. The summed E-state index contributed by atoms with van der Waals surface area (Å²) in [7, 11) is 1.68. The topological polar surface area (TPSA) is 104 Å². The lowest BCUT2D eigenvalue weighted by atomic mass is 9.94. The molecule has 9 heteroatoms. The molecule has 0 spiro atoms. The van der Waals surface area contributed by atoms with Crippen LogP contribution in [0.2, 0.25) is 0 Å². The summed E-state index contributed by atoms with van der Waals surface area (Å²) in [6.45, 7) is 10.1. The molecule has 0 saturated carbocycles. The minimum Gasteiger partial charge on any atom is -0.495 e. The van der Waals surface area contributed by atoms with Gasteiger partial charge in [-0.2, -0.15) is 5.26 Å². The van der Waals surface area contributed by atoms with Gasteiger partial charge in [-0.25, -0.2) is 9.97 Å². The molecule has 1 unspecified atom stereocenters. The number of nitriles is 1. The Bertz CT molecular complexity index is 1400. The predicted molar refractivity (Wildman–Crippen MR) is 151 cm³/mol. The second-order valence-corrected chi connectivity index (χ2v) is 10.4. The third kappa shape index (κ3) is 5.48. The van der Waals surface area contributed by atoms with Crippen molar-refractivity contribution in [3.63, 3.8) is 0 Å². The molecule has 2 aliphatic heterocycles. The van der Waals surface area contributed by atoms with Gasteiger partial charge in [-0.3, -0.25) is 4.79 Å². The number of benzene rings is 2. The predicted octanol–water partition coefficient (Wildman–Crippen LogP) is 4.38. The van der Waals surface area contributed by atoms with Gasteiger partial charge in [-0.05, 0) is 56.9 Å². The molecule has 3 heterocycles. The Balaban J connectivity index is 1.41.